The number of hydrogen-bond acceptors (Lipinski definition) is 3. The van der Waals surface area contributed by atoms with Gasteiger partial charge in [-0.05, 0) is 48.4 Å². The highest BCUT2D eigenvalue weighted by molar-refractivity contribution is 5.89. The Kier molecular flexibility index (Phi) is 5.33. The van der Waals surface area contributed by atoms with Crippen molar-refractivity contribution in [2.45, 2.75) is 26.0 Å². The molecule has 27 heavy (non-hydrogen) atoms. The molecule has 3 rings (SSSR count). The predicted molar refractivity (Wildman–Crippen MR) is 96.7 cm³/mol. The Hall–Kier alpha value is -3.04. The van der Waals surface area contributed by atoms with Gasteiger partial charge in [0.15, 0.2) is 11.6 Å². The van der Waals surface area contributed by atoms with Crippen LogP contribution in [0.3, 0.4) is 0 Å². The first-order valence-corrected chi connectivity index (χ1v) is 8.36. The van der Waals surface area contributed by atoms with E-state index in [1.807, 2.05) is 13.0 Å². The van der Waals surface area contributed by atoms with E-state index in [-0.39, 0.29) is 18.2 Å². The number of halogens is 3. The third-order valence-electron chi connectivity index (χ3n) is 4.22. The van der Waals surface area contributed by atoms with Gasteiger partial charge in [-0.2, -0.15) is 5.26 Å². The number of rotatable bonds is 5. The van der Waals surface area contributed by atoms with Gasteiger partial charge in [0.25, 0.3) is 0 Å². The highest BCUT2D eigenvalue weighted by atomic mass is 19.2. The third-order valence-corrected chi connectivity index (χ3v) is 4.22. The highest BCUT2D eigenvalue weighted by Crippen LogP contribution is 2.31. The zero-order chi connectivity index (χ0) is 19.6. The van der Waals surface area contributed by atoms with E-state index in [0.717, 1.165) is 22.4 Å². The third kappa shape index (κ3) is 4.04. The number of hydrogen-bond donors (Lipinski definition) is 1. The van der Waals surface area contributed by atoms with Crippen LogP contribution in [0.2, 0.25) is 0 Å². The Morgan fingerprint density at radius 3 is 2.48 bits per heavy atom. The summed E-state index contributed by atoms with van der Waals surface area (Å²) in [5, 5.41) is 10.8. The minimum Gasteiger partial charge on any atom is -0.488 e. The molecule has 0 amide bonds. The molecule has 1 unspecified atom stereocenters. The van der Waals surface area contributed by atoms with Crippen LogP contribution >= 0.6 is 0 Å². The second-order valence-corrected chi connectivity index (χ2v) is 6.42. The summed E-state index contributed by atoms with van der Waals surface area (Å²) >= 11 is 0. The largest absolute Gasteiger partial charge is 0.488 e. The van der Waals surface area contributed by atoms with E-state index in [0.29, 0.717) is 23.8 Å². The molecule has 0 aliphatic heterocycles. The van der Waals surface area contributed by atoms with Crippen molar-refractivity contribution in [1.29, 1.82) is 5.26 Å². The zero-order valence-electron chi connectivity index (χ0n) is 14.6. The second kappa shape index (κ2) is 7.68. The molecule has 1 atom stereocenters. The molecule has 6 heteroatoms. The van der Waals surface area contributed by atoms with Crippen molar-refractivity contribution in [2.24, 2.45) is 5.73 Å². The van der Waals surface area contributed by atoms with Crippen LogP contribution in [0.25, 0.3) is 10.8 Å². The van der Waals surface area contributed by atoms with Crippen molar-refractivity contribution in [1.82, 2.24) is 0 Å². The van der Waals surface area contributed by atoms with Crippen LogP contribution in [0.15, 0.2) is 42.5 Å². The molecule has 3 aromatic carbocycles. The standard InChI is InChI=1S/C21H17F3N2O/c1-12(26)6-17-16-4-2-13(10-25)7-14(16)3-5-21(17)27-11-15-8-19(23)20(24)9-18(15)22/h2-5,7-9,12H,6,11,26H2,1H3. The highest BCUT2D eigenvalue weighted by Gasteiger charge is 2.14. The predicted octanol–water partition coefficient (Wildman–Crippen LogP) is 4.60. The number of ether oxygens (including phenoxy) is 1. The quantitative estimate of drug-likeness (QED) is 0.668. The average Bonchev–Trinajstić information content (AvgIpc) is 2.63. The Balaban J connectivity index is 1.98. The van der Waals surface area contributed by atoms with Crippen molar-refractivity contribution in [3.05, 3.63) is 76.6 Å². The van der Waals surface area contributed by atoms with Crippen LogP contribution in [0, 0.1) is 28.8 Å². The van der Waals surface area contributed by atoms with Crippen LogP contribution in [0.1, 0.15) is 23.6 Å². The molecule has 0 heterocycles. The van der Waals surface area contributed by atoms with E-state index in [4.69, 9.17) is 15.7 Å². The summed E-state index contributed by atoms with van der Waals surface area (Å²) in [5.41, 5.74) is 7.22. The fraction of sp³-hybridized carbons (Fsp3) is 0.190. The summed E-state index contributed by atoms with van der Waals surface area (Å²) in [6.45, 7) is 1.60. The second-order valence-electron chi connectivity index (χ2n) is 6.42. The molecule has 0 spiro atoms. The Bertz CT molecular complexity index is 1040. The van der Waals surface area contributed by atoms with Gasteiger partial charge < -0.3 is 10.5 Å². The Morgan fingerprint density at radius 2 is 1.78 bits per heavy atom. The number of nitrogens with two attached hydrogens (primary N) is 1. The van der Waals surface area contributed by atoms with E-state index in [1.54, 1.807) is 24.3 Å². The van der Waals surface area contributed by atoms with Crippen molar-refractivity contribution >= 4 is 10.8 Å². The first-order valence-electron chi connectivity index (χ1n) is 8.36. The summed E-state index contributed by atoms with van der Waals surface area (Å²) < 4.78 is 46.0. The normalized spacial score (nSPS) is 12.0. The van der Waals surface area contributed by atoms with Crippen LogP contribution in [-0.4, -0.2) is 6.04 Å². The van der Waals surface area contributed by atoms with Gasteiger partial charge in [0, 0.05) is 23.2 Å². The van der Waals surface area contributed by atoms with Crippen LogP contribution in [-0.2, 0) is 13.0 Å². The van der Waals surface area contributed by atoms with Gasteiger partial charge in [0.1, 0.15) is 18.2 Å². The van der Waals surface area contributed by atoms with Gasteiger partial charge in [0.2, 0.25) is 0 Å². The first-order chi connectivity index (χ1) is 12.9. The maximum atomic E-state index is 13.8. The van der Waals surface area contributed by atoms with Crippen LogP contribution in [0.5, 0.6) is 5.75 Å². The summed E-state index contributed by atoms with van der Waals surface area (Å²) in [6, 6.07) is 12.0. The summed E-state index contributed by atoms with van der Waals surface area (Å²) in [4.78, 5) is 0. The fourth-order valence-corrected chi connectivity index (χ4v) is 2.94. The average molecular weight is 370 g/mol. The molecule has 3 aromatic rings. The molecular weight excluding hydrogens is 353 g/mol. The SMILES string of the molecule is CC(N)Cc1c(OCc2cc(F)c(F)cc2F)ccc2cc(C#N)ccc12. The lowest BCUT2D eigenvalue weighted by Crippen LogP contribution is -2.18. The minimum absolute atomic E-state index is 0.0828. The van der Waals surface area contributed by atoms with Crippen molar-refractivity contribution in [2.75, 3.05) is 0 Å². The Labute approximate surface area is 154 Å². The number of benzene rings is 3. The van der Waals surface area contributed by atoms with Gasteiger partial charge in [-0.25, -0.2) is 13.2 Å². The lowest BCUT2D eigenvalue weighted by atomic mass is 9.97. The molecule has 3 nitrogen and oxygen atoms in total. The Morgan fingerprint density at radius 1 is 1.04 bits per heavy atom. The summed E-state index contributed by atoms with van der Waals surface area (Å²) in [6.07, 6.45) is 0.499. The van der Waals surface area contributed by atoms with Gasteiger partial charge >= 0.3 is 0 Å². The maximum absolute atomic E-state index is 13.8. The van der Waals surface area contributed by atoms with E-state index in [9.17, 15) is 13.2 Å². The number of nitrogens with zero attached hydrogens (tertiary/aromatic N) is 1. The minimum atomic E-state index is -1.24. The van der Waals surface area contributed by atoms with Gasteiger partial charge in [-0.15, -0.1) is 0 Å². The molecule has 0 fully saturated rings. The van der Waals surface area contributed by atoms with E-state index < -0.39 is 17.5 Å². The number of fused-ring (bicyclic) bond motifs is 1. The van der Waals surface area contributed by atoms with E-state index in [2.05, 4.69) is 6.07 Å². The lowest BCUT2D eigenvalue weighted by Gasteiger charge is -2.16. The molecule has 0 aromatic heterocycles. The first kappa shape index (κ1) is 18.7. The molecule has 0 radical (unpaired) electrons. The molecule has 0 saturated carbocycles. The van der Waals surface area contributed by atoms with Gasteiger partial charge in [-0.1, -0.05) is 12.1 Å². The van der Waals surface area contributed by atoms with Gasteiger partial charge in [-0.3, -0.25) is 0 Å². The summed E-state index contributed by atoms with van der Waals surface area (Å²) in [7, 11) is 0. The molecule has 0 aliphatic carbocycles. The number of nitriles is 1. The molecular formula is C21H17F3N2O. The van der Waals surface area contributed by atoms with Crippen molar-refractivity contribution < 1.29 is 17.9 Å². The van der Waals surface area contributed by atoms with Crippen molar-refractivity contribution in [3.8, 4) is 11.8 Å². The monoisotopic (exact) mass is 370 g/mol. The van der Waals surface area contributed by atoms with Gasteiger partial charge in [0.05, 0.1) is 11.6 Å². The zero-order valence-corrected chi connectivity index (χ0v) is 14.6. The fourth-order valence-electron chi connectivity index (χ4n) is 2.94. The smallest absolute Gasteiger partial charge is 0.161 e. The lowest BCUT2D eigenvalue weighted by molar-refractivity contribution is 0.295. The van der Waals surface area contributed by atoms with Crippen molar-refractivity contribution in [3.63, 3.8) is 0 Å². The molecule has 0 bridgehead atoms. The summed E-state index contributed by atoms with van der Waals surface area (Å²) in [5.74, 6) is -2.77. The molecule has 0 aliphatic rings. The molecule has 2 N–H and O–H groups in total. The molecule has 0 saturated heterocycles. The van der Waals surface area contributed by atoms with Crippen LogP contribution < -0.4 is 10.5 Å². The maximum Gasteiger partial charge on any atom is 0.161 e. The van der Waals surface area contributed by atoms with E-state index in [1.165, 1.54) is 0 Å². The van der Waals surface area contributed by atoms with E-state index >= 15 is 0 Å². The topological polar surface area (TPSA) is 59.0 Å². The van der Waals surface area contributed by atoms with Crippen LogP contribution in [0.4, 0.5) is 13.2 Å². The molecule has 138 valence electrons.